The number of ether oxygens (including phenoxy) is 1. The Balaban J connectivity index is 2.78. The molecule has 0 unspecified atom stereocenters. The van der Waals surface area contributed by atoms with E-state index in [1.807, 2.05) is 37.7 Å². The first-order valence-electron chi connectivity index (χ1n) is 7.18. The van der Waals surface area contributed by atoms with E-state index in [9.17, 15) is 0 Å². The fourth-order valence-corrected chi connectivity index (χ4v) is 2.77. The third-order valence-electron chi connectivity index (χ3n) is 3.55. The van der Waals surface area contributed by atoms with Crippen molar-refractivity contribution in [3.8, 4) is 5.88 Å². The van der Waals surface area contributed by atoms with Gasteiger partial charge in [0.25, 0.3) is 0 Å². The summed E-state index contributed by atoms with van der Waals surface area (Å²) in [6.45, 7) is 9.28. The van der Waals surface area contributed by atoms with Crippen LogP contribution in [0.3, 0.4) is 0 Å². The van der Waals surface area contributed by atoms with Gasteiger partial charge in [0, 0.05) is 11.3 Å². The van der Waals surface area contributed by atoms with Gasteiger partial charge in [0.1, 0.15) is 5.82 Å². The number of pyridine rings is 1. The van der Waals surface area contributed by atoms with Gasteiger partial charge in [-0.3, -0.25) is 0 Å². The van der Waals surface area contributed by atoms with E-state index in [0.717, 1.165) is 25.2 Å². The maximum atomic E-state index is 5.88. The van der Waals surface area contributed by atoms with Crippen LogP contribution in [0.2, 0.25) is 0 Å². The summed E-state index contributed by atoms with van der Waals surface area (Å²) in [4.78, 5) is 4.45. The molecular formula is C15H27N3OS. The first-order valence-corrected chi connectivity index (χ1v) is 8.41. The number of nitrogens with two attached hydrogens (primary N) is 1. The zero-order valence-electron chi connectivity index (χ0n) is 13.2. The van der Waals surface area contributed by atoms with Gasteiger partial charge in [-0.25, -0.2) is 0 Å². The minimum Gasteiger partial charge on any atom is -0.473 e. The van der Waals surface area contributed by atoms with Gasteiger partial charge in [0.05, 0.1) is 11.8 Å². The largest absolute Gasteiger partial charge is 0.473 e. The molecule has 0 atom stereocenters. The number of anilines is 2. The van der Waals surface area contributed by atoms with Crippen molar-refractivity contribution in [2.24, 2.45) is 0 Å². The molecule has 1 rings (SSSR count). The van der Waals surface area contributed by atoms with E-state index in [4.69, 9.17) is 10.5 Å². The van der Waals surface area contributed by atoms with Crippen molar-refractivity contribution < 1.29 is 4.74 Å². The van der Waals surface area contributed by atoms with Crippen LogP contribution in [0.4, 0.5) is 11.5 Å². The van der Waals surface area contributed by atoms with Gasteiger partial charge in [-0.1, -0.05) is 13.8 Å². The van der Waals surface area contributed by atoms with E-state index in [2.05, 4.69) is 30.4 Å². The van der Waals surface area contributed by atoms with Crippen LogP contribution in [0.25, 0.3) is 0 Å². The third-order valence-corrected chi connectivity index (χ3v) is 5.14. The number of nitrogens with one attached hydrogen (secondary N) is 1. The van der Waals surface area contributed by atoms with Crippen LogP contribution in [-0.2, 0) is 0 Å². The Morgan fingerprint density at radius 2 is 2.00 bits per heavy atom. The van der Waals surface area contributed by atoms with Crippen LogP contribution in [0, 0.1) is 0 Å². The lowest BCUT2D eigenvalue weighted by Crippen LogP contribution is -2.32. The first-order chi connectivity index (χ1) is 9.46. The van der Waals surface area contributed by atoms with Crippen LogP contribution in [0.15, 0.2) is 12.1 Å². The Hall–Kier alpha value is -1.10. The summed E-state index contributed by atoms with van der Waals surface area (Å²) in [5.74, 6) is 1.32. The normalized spacial score (nSPS) is 11.7. The third kappa shape index (κ3) is 4.47. The van der Waals surface area contributed by atoms with Gasteiger partial charge in [-0.2, -0.15) is 16.7 Å². The van der Waals surface area contributed by atoms with Crippen LogP contribution in [0.5, 0.6) is 5.88 Å². The molecule has 20 heavy (non-hydrogen) atoms. The van der Waals surface area contributed by atoms with Gasteiger partial charge in [-0.15, -0.1) is 0 Å². The van der Waals surface area contributed by atoms with Crippen molar-refractivity contribution in [1.29, 1.82) is 0 Å². The Labute approximate surface area is 126 Å². The number of hydrogen-bond acceptors (Lipinski definition) is 5. The fourth-order valence-electron chi connectivity index (χ4n) is 1.98. The van der Waals surface area contributed by atoms with Crippen LogP contribution < -0.4 is 15.8 Å². The highest BCUT2D eigenvalue weighted by atomic mass is 32.2. The highest BCUT2D eigenvalue weighted by molar-refractivity contribution is 8.00. The molecular weight excluding hydrogens is 270 g/mol. The molecule has 4 nitrogen and oxygen atoms in total. The monoisotopic (exact) mass is 297 g/mol. The molecule has 1 aromatic heterocycles. The lowest BCUT2D eigenvalue weighted by Gasteiger charge is -2.30. The van der Waals surface area contributed by atoms with E-state index in [0.29, 0.717) is 11.6 Å². The average molecular weight is 297 g/mol. The van der Waals surface area contributed by atoms with Gasteiger partial charge in [0.15, 0.2) is 0 Å². The van der Waals surface area contributed by atoms with E-state index < -0.39 is 0 Å². The van der Waals surface area contributed by atoms with E-state index >= 15 is 0 Å². The smallest absolute Gasteiger partial charge is 0.239 e. The maximum absolute atomic E-state index is 5.88. The second kappa shape index (κ2) is 7.62. The molecule has 0 spiro atoms. The molecule has 0 saturated heterocycles. The molecule has 1 heterocycles. The number of thioether (sulfide) groups is 1. The number of nitrogens with zero attached hydrogens (tertiary/aromatic N) is 1. The molecule has 0 bridgehead atoms. The summed E-state index contributed by atoms with van der Waals surface area (Å²) in [7, 11) is 0. The number of aromatic nitrogens is 1. The lowest BCUT2D eigenvalue weighted by molar-refractivity contribution is 0.234. The van der Waals surface area contributed by atoms with Gasteiger partial charge in [-0.05, 0) is 45.1 Å². The fraction of sp³-hybridized carbons (Fsp3) is 0.667. The van der Waals surface area contributed by atoms with Crippen molar-refractivity contribution in [2.75, 3.05) is 23.9 Å². The SMILES string of the molecule is CCC(CC)(CNc1ccc(N)c(OC(C)C)n1)SC. The molecule has 0 aliphatic rings. The Morgan fingerprint density at radius 3 is 2.50 bits per heavy atom. The molecule has 114 valence electrons. The summed E-state index contributed by atoms with van der Waals surface area (Å²) in [5, 5.41) is 3.41. The zero-order valence-corrected chi connectivity index (χ0v) is 14.0. The molecule has 0 saturated carbocycles. The minimum atomic E-state index is 0.0663. The molecule has 0 aliphatic heterocycles. The summed E-state index contributed by atoms with van der Waals surface area (Å²) >= 11 is 1.91. The Kier molecular flexibility index (Phi) is 6.46. The molecule has 1 aromatic rings. The quantitative estimate of drug-likeness (QED) is 0.764. The summed E-state index contributed by atoms with van der Waals surface area (Å²) in [5.41, 5.74) is 6.45. The molecule has 0 radical (unpaired) electrons. The predicted molar refractivity (Wildman–Crippen MR) is 89.7 cm³/mol. The Morgan fingerprint density at radius 1 is 1.35 bits per heavy atom. The molecule has 0 amide bonds. The minimum absolute atomic E-state index is 0.0663. The Bertz CT molecular complexity index is 411. The number of nitrogen functional groups attached to an aromatic ring is 1. The summed E-state index contributed by atoms with van der Waals surface area (Å²) < 4.78 is 5.87. The highest BCUT2D eigenvalue weighted by Crippen LogP contribution is 2.31. The van der Waals surface area contributed by atoms with Crippen molar-refractivity contribution in [3.63, 3.8) is 0 Å². The van der Waals surface area contributed by atoms with E-state index in [1.165, 1.54) is 0 Å². The number of hydrogen-bond donors (Lipinski definition) is 2. The van der Waals surface area contributed by atoms with Crippen molar-refractivity contribution in [3.05, 3.63) is 12.1 Å². The second-order valence-corrected chi connectivity index (χ2v) is 6.48. The molecule has 3 N–H and O–H groups in total. The standard InChI is InChI=1S/C15H27N3OS/c1-6-15(7-2,20-5)10-17-13-9-8-12(16)14(18-13)19-11(3)4/h8-9,11H,6-7,10,16H2,1-5H3,(H,17,18). The van der Waals surface area contributed by atoms with Crippen molar-refractivity contribution in [1.82, 2.24) is 4.98 Å². The van der Waals surface area contributed by atoms with Crippen LogP contribution in [-0.4, -0.2) is 28.6 Å². The van der Waals surface area contributed by atoms with Crippen molar-refractivity contribution >= 4 is 23.3 Å². The topological polar surface area (TPSA) is 60.2 Å². The average Bonchev–Trinajstić information content (AvgIpc) is 2.44. The molecule has 0 aromatic carbocycles. The number of rotatable bonds is 8. The second-order valence-electron chi connectivity index (χ2n) is 5.21. The maximum Gasteiger partial charge on any atom is 0.239 e. The van der Waals surface area contributed by atoms with Gasteiger partial charge >= 0.3 is 0 Å². The van der Waals surface area contributed by atoms with Crippen molar-refractivity contribution in [2.45, 2.75) is 51.4 Å². The van der Waals surface area contributed by atoms with Crippen LogP contribution in [0.1, 0.15) is 40.5 Å². The van der Waals surface area contributed by atoms with Gasteiger partial charge in [0.2, 0.25) is 5.88 Å². The molecule has 0 aliphatic carbocycles. The summed E-state index contributed by atoms with van der Waals surface area (Å²) in [6.07, 6.45) is 4.49. The van der Waals surface area contributed by atoms with E-state index in [1.54, 1.807) is 0 Å². The van der Waals surface area contributed by atoms with Gasteiger partial charge < -0.3 is 15.8 Å². The molecule has 0 fully saturated rings. The molecule has 5 heteroatoms. The highest BCUT2D eigenvalue weighted by Gasteiger charge is 2.24. The first kappa shape index (κ1) is 17.0. The zero-order chi connectivity index (χ0) is 15.2. The summed E-state index contributed by atoms with van der Waals surface area (Å²) in [6, 6.07) is 3.74. The lowest BCUT2D eigenvalue weighted by atomic mass is 10.0. The van der Waals surface area contributed by atoms with E-state index in [-0.39, 0.29) is 10.9 Å². The van der Waals surface area contributed by atoms with Crippen LogP contribution >= 0.6 is 11.8 Å². The predicted octanol–water partition coefficient (Wildman–Crippen LogP) is 3.78.